The summed E-state index contributed by atoms with van der Waals surface area (Å²) in [5.41, 5.74) is 0.388. The van der Waals surface area contributed by atoms with Crippen molar-refractivity contribution in [2.75, 3.05) is 5.32 Å². The first-order valence-corrected chi connectivity index (χ1v) is 5.97. The molecule has 20 heavy (non-hydrogen) atoms. The number of hydrogen-bond donors (Lipinski definition) is 1. The summed E-state index contributed by atoms with van der Waals surface area (Å²) < 4.78 is 26.0. The minimum atomic E-state index is -0.595. The topological polar surface area (TPSA) is 55.2 Å². The van der Waals surface area contributed by atoms with Gasteiger partial charge in [0.2, 0.25) is 0 Å². The van der Waals surface area contributed by atoms with E-state index in [1.165, 1.54) is 12.1 Å². The highest BCUT2D eigenvalue weighted by atomic mass is 35.5. The van der Waals surface area contributed by atoms with Gasteiger partial charge < -0.3 is 5.32 Å². The molecule has 0 aliphatic rings. The molecular formula is C13H9ClF2N2O2. The number of anilines is 1. The second-order valence-electron chi connectivity index (χ2n) is 4.01. The van der Waals surface area contributed by atoms with Crippen molar-refractivity contribution in [3.8, 4) is 0 Å². The molecule has 0 saturated carbocycles. The maximum atomic E-state index is 13.1. The molecule has 0 aromatic heterocycles. The molecule has 0 amide bonds. The van der Waals surface area contributed by atoms with E-state index in [1.54, 1.807) is 0 Å². The molecule has 0 atom stereocenters. The molecule has 7 heteroatoms. The zero-order valence-corrected chi connectivity index (χ0v) is 10.8. The molecular weight excluding hydrogens is 290 g/mol. The lowest BCUT2D eigenvalue weighted by Crippen LogP contribution is -2.04. The van der Waals surface area contributed by atoms with E-state index in [4.69, 9.17) is 11.6 Å². The van der Waals surface area contributed by atoms with Crippen molar-refractivity contribution in [1.82, 2.24) is 0 Å². The van der Waals surface area contributed by atoms with Gasteiger partial charge in [0.1, 0.15) is 11.6 Å². The molecule has 0 radical (unpaired) electrons. The van der Waals surface area contributed by atoms with Crippen LogP contribution in [0.4, 0.5) is 20.2 Å². The van der Waals surface area contributed by atoms with E-state index >= 15 is 0 Å². The first kappa shape index (κ1) is 14.2. The molecule has 0 aliphatic carbocycles. The molecule has 0 aliphatic heterocycles. The van der Waals surface area contributed by atoms with Crippen molar-refractivity contribution in [2.45, 2.75) is 6.54 Å². The van der Waals surface area contributed by atoms with E-state index in [1.807, 2.05) is 0 Å². The van der Waals surface area contributed by atoms with Gasteiger partial charge in [-0.25, -0.2) is 8.78 Å². The van der Waals surface area contributed by atoms with Gasteiger partial charge in [0.15, 0.2) is 0 Å². The van der Waals surface area contributed by atoms with Gasteiger partial charge in [-0.15, -0.1) is 0 Å². The maximum Gasteiger partial charge on any atom is 0.274 e. The van der Waals surface area contributed by atoms with Crippen LogP contribution in [0.2, 0.25) is 5.02 Å². The van der Waals surface area contributed by atoms with Crippen LogP contribution in [-0.4, -0.2) is 4.92 Å². The molecule has 2 aromatic rings. The lowest BCUT2D eigenvalue weighted by Gasteiger charge is -2.09. The number of hydrogen-bond acceptors (Lipinski definition) is 3. The van der Waals surface area contributed by atoms with Crippen molar-refractivity contribution >= 4 is 23.0 Å². The number of nitro groups is 1. The molecule has 104 valence electrons. The normalized spacial score (nSPS) is 10.3. The third-order valence-electron chi connectivity index (χ3n) is 2.64. The standard InChI is InChI=1S/C13H9ClF2N2O2/c14-11-6-10(16)1-3-12(11)17-7-8-5-9(15)2-4-13(8)18(19)20/h1-6,17H,7H2. The Hall–Kier alpha value is -2.21. The van der Waals surface area contributed by atoms with E-state index < -0.39 is 16.6 Å². The van der Waals surface area contributed by atoms with E-state index in [9.17, 15) is 18.9 Å². The number of benzene rings is 2. The molecule has 0 spiro atoms. The average Bonchev–Trinajstić information content (AvgIpc) is 2.37. The molecule has 2 rings (SSSR count). The predicted octanol–water partition coefficient (Wildman–Crippen LogP) is 4.14. The molecule has 2 aromatic carbocycles. The monoisotopic (exact) mass is 298 g/mol. The Labute approximate surface area is 118 Å². The summed E-state index contributed by atoms with van der Waals surface area (Å²) in [4.78, 5) is 10.2. The van der Waals surface area contributed by atoms with Gasteiger partial charge in [-0.3, -0.25) is 10.1 Å². The summed E-state index contributed by atoms with van der Waals surface area (Å²) in [6, 6.07) is 6.91. The SMILES string of the molecule is O=[N+]([O-])c1ccc(F)cc1CNc1ccc(F)cc1Cl. The van der Waals surface area contributed by atoms with Gasteiger partial charge >= 0.3 is 0 Å². The van der Waals surface area contributed by atoms with Gasteiger partial charge in [0.05, 0.1) is 21.2 Å². The van der Waals surface area contributed by atoms with Crippen LogP contribution in [0.3, 0.4) is 0 Å². The van der Waals surface area contributed by atoms with E-state index in [0.29, 0.717) is 5.69 Å². The highest BCUT2D eigenvalue weighted by molar-refractivity contribution is 6.33. The molecule has 0 heterocycles. The summed E-state index contributed by atoms with van der Waals surface area (Å²) in [5, 5.41) is 13.8. The van der Waals surface area contributed by atoms with E-state index in [0.717, 1.165) is 24.3 Å². The molecule has 0 saturated heterocycles. The Morgan fingerprint density at radius 2 is 1.80 bits per heavy atom. The quantitative estimate of drug-likeness (QED) is 0.682. The van der Waals surface area contributed by atoms with Crippen LogP contribution < -0.4 is 5.32 Å². The molecule has 0 fully saturated rings. The smallest absolute Gasteiger partial charge is 0.274 e. The van der Waals surface area contributed by atoms with Crippen molar-refractivity contribution in [3.63, 3.8) is 0 Å². The van der Waals surface area contributed by atoms with Crippen LogP contribution in [0.5, 0.6) is 0 Å². The third kappa shape index (κ3) is 3.21. The fourth-order valence-corrected chi connectivity index (χ4v) is 1.93. The fourth-order valence-electron chi connectivity index (χ4n) is 1.70. The number of rotatable bonds is 4. The third-order valence-corrected chi connectivity index (χ3v) is 2.95. The Balaban J connectivity index is 2.22. The van der Waals surface area contributed by atoms with Crippen molar-refractivity contribution < 1.29 is 13.7 Å². The predicted molar refractivity (Wildman–Crippen MR) is 71.8 cm³/mol. The Bertz CT molecular complexity index is 665. The Morgan fingerprint density at radius 1 is 1.15 bits per heavy atom. The van der Waals surface area contributed by atoms with Crippen LogP contribution >= 0.6 is 11.6 Å². The lowest BCUT2D eigenvalue weighted by atomic mass is 10.1. The highest BCUT2D eigenvalue weighted by Gasteiger charge is 2.14. The minimum Gasteiger partial charge on any atom is -0.379 e. The Kier molecular flexibility index (Phi) is 4.14. The molecule has 0 bridgehead atoms. The number of halogens is 3. The second kappa shape index (κ2) is 5.83. The molecule has 0 unspecified atom stereocenters. The van der Waals surface area contributed by atoms with E-state index in [-0.39, 0.29) is 22.8 Å². The fraction of sp³-hybridized carbons (Fsp3) is 0.0769. The van der Waals surface area contributed by atoms with E-state index in [2.05, 4.69) is 5.32 Å². The van der Waals surface area contributed by atoms with Crippen molar-refractivity contribution in [3.05, 3.63) is 68.7 Å². The van der Waals surface area contributed by atoms with Crippen molar-refractivity contribution in [2.24, 2.45) is 0 Å². The zero-order valence-electron chi connectivity index (χ0n) is 10.1. The second-order valence-corrected chi connectivity index (χ2v) is 4.42. The largest absolute Gasteiger partial charge is 0.379 e. The van der Waals surface area contributed by atoms with Gasteiger partial charge in [-0.05, 0) is 30.3 Å². The van der Waals surface area contributed by atoms with Gasteiger partial charge in [0.25, 0.3) is 5.69 Å². The summed E-state index contributed by atoms with van der Waals surface area (Å²) >= 11 is 5.82. The van der Waals surface area contributed by atoms with Crippen LogP contribution in [0.1, 0.15) is 5.56 Å². The first-order valence-electron chi connectivity index (χ1n) is 5.59. The highest BCUT2D eigenvalue weighted by Crippen LogP contribution is 2.25. The minimum absolute atomic E-state index is 0.000570. The van der Waals surface area contributed by atoms with Gasteiger partial charge in [-0.2, -0.15) is 0 Å². The number of nitrogens with zero attached hydrogens (tertiary/aromatic N) is 1. The van der Waals surface area contributed by atoms with Gasteiger partial charge in [0, 0.05) is 12.6 Å². The summed E-state index contributed by atoms with van der Waals surface area (Å²) in [6.07, 6.45) is 0. The summed E-state index contributed by atoms with van der Waals surface area (Å²) in [6.45, 7) is -0.000570. The Morgan fingerprint density at radius 3 is 2.45 bits per heavy atom. The van der Waals surface area contributed by atoms with Crippen LogP contribution in [-0.2, 0) is 6.54 Å². The van der Waals surface area contributed by atoms with Crippen LogP contribution in [0.15, 0.2) is 36.4 Å². The molecule has 4 nitrogen and oxygen atoms in total. The first-order chi connectivity index (χ1) is 9.47. The average molecular weight is 299 g/mol. The number of nitro benzene ring substituents is 1. The van der Waals surface area contributed by atoms with Crippen molar-refractivity contribution in [1.29, 1.82) is 0 Å². The van der Waals surface area contributed by atoms with Gasteiger partial charge in [-0.1, -0.05) is 11.6 Å². The van der Waals surface area contributed by atoms with Crippen LogP contribution in [0.25, 0.3) is 0 Å². The lowest BCUT2D eigenvalue weighted by molar-refractivity contribution is -0.385. The summed E-state index contributed by atoms with van der Waals surface area (Å²) in [5.74, 6) is -1.06. The molecule has 1 N–H and O–H groups in total. The van der Waals surface area contributed by atoms with Crippen LogP contribution in [0, 0.1) is 21.7 Å². The maximum absolute atomic E-state index is 13.1. The summed E-state index contributed by atoms with van der Waals surface area (Å²) in [7, 11) is 0. The number of nitrogens with one attached hydrogen (secondary N) is 1. The zero-order chi connectivity index (χ0) is 14.7.